The summed E-state index contributed by atoms with van der Waals surface area (Å²) in [5.41, 5.74) is 3.56. The number of likely N-dealkylation sites (N-methyl/N-ethyl adjacent to an activating group) is 1. The maximum Gasteiger partial charge on any atom is 0.260 e. The number of hydrogen-bond donors (Lipinski definition) is 1. The predicted octanol–water partition coefficient (Wildman–Crippen LogP) is 2.56. The number of imide groups is 1. The number of nitrogens with one attached hydrogen (secondary N) is 1. The number of carbonyl (C=O) groups is 3. The van der Waals surface area contributed by atoms with E-state index in [-0.39, 0.29) is 17.9 Å². The summed E-state index contributed by atoms with van der Waals surface area (Å²) in [5.74, 6) is -1.83. The molecule has 2 atom stereocenters. The van der Waals surface area contributed by atoms with E-state index in [4.69, 9.17) is 23.2 Å². The Bertz CT molecular complexity index is 925. The van der Waals surface area contributed by atoms with Gasteiger partial charge in [-0.05, 0) is 19.1 Å². The molecule has 0 saturated heterocycles. The summed E-state index contributed by atoms with van der Waals surface area (Å²) in [5, 5.41) is 12.7. The number of nitrogens with zero attached hydrogens (tertiary/aromatic N) is 4. The van der Waals surface area contributed by atoms with Crippen LogP contribution in [0.25, 0.3) is 0 Å². The van der Waals surface area contributed by atoms with Crippen molar-refractivity contribution in [2.24, 2.45) is 21.2 Å². The van der Waals surface area contributed by atoms with Gasteiger partial charge in [-0.15, -0.1) is 0 Å². The van der Waals surface area contributed by atoms with Crippen LogP contribution in [0.1, 0.15) is 18.9 Å². The summed E-state index contributed by atoms with van der Waals surface area (Å²) in [6.45, 7) is 1.65. The molecular formula is C17H15Cl2N5O3. The summed E-state index contributed by atoms with van der Waals surface area (Å²) in [6.07, 6.45) is 1.27. The number of benzene rings is 1. The number of carbonyl (C=O) groups excluding carboxylic acids is 3. The van der Waals surface area contributed by atoms with Gasteiger partial charge in [0.1, 0.15) is 6.04 Å². The van der Waals surface area contributed by atoms with E-state index in [0.717, 1.165) is 4.90 Å². The quantitative estimate of drug-likeness (QED) is 0.470. The van der Waals surface area contributed by atoms with Crippen molar-refractivity contribution in [2.45, 2.75) is 19.4 Å². The number of amides is 3. The third-order valence-electron chi connectivity index (χ3n) is 4.29. The molecule has 2 unspecified atom stereocenters. The lowest BCUT2D eigenvalue weighted by Crippen LogP contribution is -2.44. The minimum Gasteiger partial charge on any atom is -0.281 e. The Labute approximate surface area is 164 Å². The summed E-state index contributed by atoms with van der Waals surface area (Å²) >= 11 is 11.8. The Kier molecular flexibility index (Phi) is 5.38. The second-order valence-corrected chi connectivity index (χ2v) is 6.96. The smallest absolute Gasteiger partial charge is 0.260 e. The first-order valence-corrected chi connectivity index (χ1v) is 8.79. The van der Waals surface area contributed by atoms with E-state index in [1.165, 1.54) is 13.3 Å². The molecule has 0 aromatic heterocycles. The molecule has 2 aliphatic heterocycles. The van der Waals surface area contributed by atoms with Gasteiger partial charge in [0.25, 0.3) is 5.91 Å². The Morgan fingerprint density at radius 1 is 1.37 bits per heavy atom. The lowest BCUT2D eigenvalue weighted by Gasteiger charge is -2.26. The molecule has 8 nitrogen and oxygen atoms in total. The number of azo groups is 1. The van der Waals surface area contributed by atoms with Gasteiger partial charge in [0.2, 0.25) is 11.8 Å². The molecule has 1 aromatic rings. The molecule has 0 saturated carbocycles. The Morgan fingerprint density at radius 3 is 2.81 bits per heavy atom. The normalized spacial score (nSPS) is 22.0. The van der Waals surface area contributed by atoms with Crippen molar-refractivity contribution in [3.8, 4) is 0 Å². The van der Waals surface area contributed by atoms with Gasteiger partial charge in [-0.25, -0.2) is 5.43 Å². The summed E-state index contributed by atoms with van der Waals surface area (Å²) < 4.78 is 0. The first-order valence-electron chi connectivity index (χ1n) is 8.03. The Balaban J connectivity index is 1.66. The third-order valence-corrected chi connectivity index (χ3v) is 4.86. The third kappa shape index (κ3) is 3.77. The van der Waals surface area contributed by atoms with Crippen LogP contribution < -0.4 is 5.43 Å². The molecule has 0 spiro atoms. The van der Waals surface area contributed by atoms with Crippen LogP contribution >= 0.6 is 23.2 Å². The van der Waals surface area contributed by atoms with E-state index in [1.807, 2.05) is 0 Å². The molecule has 2 aliphatic rings. The van der Waals surface area contributed by atoms with Crippen molar-refractivity contribution in [3.05, 3.63) is 45.1 Å². The van der Waals surface area contributed by atoms with Crippen LogP contribution in [-0.4, -0.2) is 41.9 Å². The van der Waals surface area contributed by atoms with E-state index in [0.29, 0.717) is 21.3 Å². The average molecular weight is 408 g/mol. The summed E-state index contributed by atoms with van der Waals surface area (Å²) in [6, 6.07) is 4.14. The van der Waals surface area contributed by atoms with Gasteiger partial charge in [0, 0.05) is 17.6 Å². The highest BCUT2D eigenvalue weighted by molar-refractivity contribution is 6.36. The van der Waals surface area contributed by atoms with Crippen LogP contribution in [-0.2, 0) is 14.4 Å². The lowest BCUT2D eigenvalue weighted by molar-refractivity contribution is -0.144. The van der Waals surface area contributed by atoms with Crippen LogP contribution in [0.2, 0.25) is 10.0 Å². The van der Waals surface area contributed by atoms with Gasteiger partial charge >= 0.3 is 0 Å². The highest BCUT2D eigenvalue weighted by Crippen LogP contribution is 2.35. The largest absolute Gasteiger partial charge is 0.281 e. The fourth-order valence-corrected chi connectivity index (χ4v) is 3.28. The van der Waals surface area contributed by atoms with Crippen LogP contribution in [0, 0.1) is 5.92 Å². The van der Waals surface area contributed by atoms with Gasteiger partial charge in [-0.2, -0.15) is 15.3 Å². The minimum absolute atomic E-state index is 0.117. The van der Waals surface area contributed by atoms with Gasteiger partial charge < -0.3 is 0 Å². The van der Waals surface area contributed by atoms with Gasteiger partial charge in [0.15, 0.2) is 0 Å². The van der Waals surface area contributed by atoms with E-state index in [2.05, 4.69) is 20.8 Å². The Morgan fingerprint density at radius 2 is 2.11 bits per heavy atom. The number of hydrogen-bond acceptors (Lipinski definition) is 6. The molecular weight excluding hydrogens is 393 g/mol. The number of halogens is 2. The maximum absolute atomic E-state index is 12.4. The van der Waals surface area contributed by atoms with Crippen molar-refractivity contribution in [2.75, 3.05) is 7.05 Å². The molecule has 3 rings (SSSR count). The standard InChI is InChI=1S/C17H15Cl2N5O3/c1-8-15-14(17(27)24(2)16(8)26)12(21-23-15)6-13(25)22-20-7-9-3-4-10(18)5-11(9)19/h3-5,7-8,12H,6H2,1-2H3,(H,22,25)/b20-7+. The van der Waals surface area contributed by atoms with Crippen molar-refractivity contribution in [3.63, 3.8) is 0 Å². The maximum atomic E-state index is 12.4. The van der Waals surface area contributed by atoms with Crippen LogP contribution in [0.15, 0.2) is 44.8 Å². The van der Waals surface area contributed by atoms with E-state index in [1.54, 1.807) is 25.1 Å². The summed E-state index contributed by atoms with van der Waals surface area (Å²) in [4.78, 5) is 37.5. The molecule has 10 heteroatoms. The van der Waals surface area contributed by atoms with Crippen LogP contribution in [0.3, 0.4) is 0 Å². The first kappa shape index (κ1) is 19.2. The minimum atomic E-state index is -0.736. The van der Waals surface area contributed by atoms with E-state index >= 15 is 0 Å². The molecule has 0 radical (unpaired) electrons. The zero-order valence-electron chi connectivity index (χ0n) is 14.4. The lowest BCUT2D eigenvalue weighted by atomic mass is 9.91. The van der Waals surface area contributed by atoms with Gasteiger partial charge in [-0.1, -0.05) is 29.3 Å². The van der Waals surface area contributed by atoms with Gasteiger partial charge in [-0.3, -0.25) is 19.3 Å². The number of hydrazone groups is 1. The fraction of sp³-hybridized carbons (Fsp3) is 0.294. The van der Waals surface area contributed by atoms with Crippen molar-refractivity contribution in [1.29, 1.82) is 0 Å². The van der Waals surface area contributed by atoms with Crippen LogP contribution in [0.5, 0.6) is 0 Å². The molecule has 27 heavy (non-hydrogen) atoms. The molecule has 0 bridgehead atoms. The average Bonchev–Trinajstić information content (AvgIpc) is 3.03. The van der Waals surface area contributed by atoms with E-state index in [9.17, 15) is 14.4 Å². The van der Waals surface area contributed by atoms with Crippen LogP contribution in [0.4, 0.5) is 0 Å². The molecule has 0 fully saturated rings. The van der Waals surface area contributed by atoms with Crippen molar-refractivity contribution < 1.29 is 14.4 Å². The zero-order valence-corrected chi connectivity index (χ0v) is 16.0. The van der Waals surface area contributed by atoms with Gasteiger partial charge in [0.05, 0.1) is 34.8 Å². The molecule has 1 aromatic carbocycles. The molecule has 2 heterocycles. The topological polar surface area (TPSA) is 104 Å². The zero-order chi connectivity index (χ0) is 19.7. The van der Waals surface area contributed by atoms with Crippen molar-refractivity contribution in [1.82, 2.24) is 10.3 Å². The molecule has 1 N–H and O–H groups in total. The molecule has 3 amide bonds. The highest BCUT2D eigenvalue weighted by Gasteiger charge is 2.43. The van der Waals surface area contributed by atoms with Crippen molar-refractivity contribution >= 4 is 47.1 Å². The second kappa shape index (κ2) is 7.58. The highest BCUT2D eigenvalue weighted by atomic mass is 35.5. The summed E-state index contributed by atoms with van der Waals surface area (Å²) in [7, 11) is 1.40. The SMILES string of the molecule is CC1C(=O)N(C)C(=O)C2=C1N=NC2CC(=O)N/N=C/c1ccc(Cl)cc1Cl. The monoisotopic (exact) mass is 407 g/mol. The first-order chi connectivity index (χ1) is 12.8. The Hall–Kier alpha value is -2.58. The molecule has 140 valence electrons. The predicted molar refractivity (Wildman–Crippen MR) is 99.4 cm³/mol. The fourth-order valence-electron chi connectivity index (χ4n) is 2.82. The number of rotatable bonds is 4. The van der Waals surface area contributed by atoms with E-state index < -0.39 is 23.8 Å². The molecule has 0 aliphatic carbocycles. The second-order valence-electron chi connectivity index (χ2n) is 6.12.